The number of nitrogens with zero attached hydrogens (tertiary/aromatic N) is 3. The summed E-state index contributed by atoms with van der Waals surface area (Å²) < 4.78 is 7.65. The van der Waals surface area contributed by atoms with Crippen molar-refractivity contribution < 1.29 is 4.42 Å². The van der Waals surface area contributed by atoms with Crippen molar-refractivity contribution in [3.05, 3.63) is 35.3 Å². The van der Waals surface area contributed by atoms with E-state index in [4.69, 9.17) is 4.42 Å². The van der Waals surface area contributed by atoms with Gasteiger partial charge < -0.3 is 9.73 Å². The van der Waals surface area contributed by atoms with Gasteiger partial charge in [0.25, 0.3) is 0 Å². The van der Waals surface area contributed by atoms with E-state index in [1.54, 1.807) is 0 Å². The van der Waals surface area contributed by atoms with Crippen LogP contribution >= 0.6 is 0 Å². The Kier molecular flexibility index (Phi) is 4.15. The van der Waals surface area contributed by atoms with Gasteiger partial charge in [-0.15, -0.1) is 0 Å². The third kappa shape index (κ3) is 2.79. The van der Waals surface area contributed by atoms with Crippen LogP contribution in [0.4, 0.5) is 0 Å². The van der Waals surface area contributed by atoms with Gasteiger partial charge in [0.2, 0.25) is 0 Å². The maximum absolute atomic E-state index is 5.72. The van der Waals surface area contributed by atoms with E-state index < -0.39 is 0 Å². The second kappa shape index (κ2) is 5.82. The van der Waals surface area contributed by atoms with Crippen LogP contribution in [0.3, 0.4) is 0 Å². The molecule has 0 saturated carbocycles. The number of hydrogen-bond acceptors (Lipinski definition) is 4. The summed E-state index contributed by atoms with van der Waals surface area (Å²) in [6, 6.07) is 3.99. The molecule has 0 bridgehead atoms. The van der Waals surface area contributed by atoms with Gasteiger partial charge in [0, 0.05) is 12.8 Å². The first-order valence-corrected chi connectivity index (χ1v) is 6.41. The van der Waals surface area contributed by atoms with Gasteiger partial charge in [-0.2, -0.15) is 5.10 Å². The van der Waals surface area contributed by atoms with Crippen molar-refractivity contribution in [2.75, 3.05) is 7.05 Å². The number of nitrogens with one attached hydrogen (secondary N) is 1. The van der Waals surface area contributed by atoms with E-state index in [9.17, 15) is 0 Å². The largest absolute Gasteiger partial charge is 0.463 e. The average Bonchev–Trinajstić information content (AvgIpc) is 2.97. The molecule has 0 saturated heterocycles. The first kappa shape index (κ1) is 12.8. The molecule has 2 aromatic heterocycles. The molecular weight excluding hydrogens is 228 g/mol. The van der Waals surface area contributed by atoms with Crippen LogP contribution in [-0.4, -0.2) is 21.8 Å². The van der Waals surface area contributed by atoms with Crippen molar-refractivity contribution in [1.29, 1.82) is 0 Å². The first-order chi connectivity index (χ1) is 8.76. The fourth-order valence-corrected chi connectivity index (χ4v) is 1.89. The van der Waals surface area contributed by atoms with Crippen molar-refractivity contribution >= 4 is 0 Å². The van der Waals surface area contributed by atoms with Crippen LogP contribution in [0.2, 0.25) is 0 Å². The molecule has 0 aliphatic rings. The highest BCUT2D eigenvalue weighted by molar-refractivity contribution is 5.08. The van der Waals surface area contributed by atoms with Gasteiger partial charge in [-0.25, -0.2) is 9.67 Å². The molecule has 5 heteroatoms. The number of furan rings is 1. The van der Waals surface area contributed by atoms with E-state index in [1.165, 1.54) is 0 Å². The predicted octanol–water partition coefficient (Wildman–Crippen LogP) is 1.76. The van der Waals surface area contributed by atoms with E-state index in [0.717, 1.165) is 42.6 Å². The lowest BCUT2D eigenvalue weighted by atomic mass is 10.4. The van der Waals surface area contributed by atoms with Crippen LogP contribution in [0.5, 0.6) is 0 Å². The van der Waals surface area contributed by atoms with Crippen LogP contribution in [0.25, 0.3) is 0 Å². The molecule has 1 N–H and O–H groups in total. The SMILES string of the molecule is CCc1nc(CC)n(Cc2ccc(CNC)o2)n1. The standard InChI is InChI=1S/C13H20N4O/c1-4-12-15-13(5-2)17(16-12)9-11-7-6-10(18-11)8-14-3/h6-7,14H,4-5,8-9H2,1-3H3. The number of aryl methyl sites for hydroxylation is 2. The van der Waals surface area contributed by atoms with E-state index in [1.807, 2.05) is 23.9 Å². The smallest absolute Gasteiger partial charge is 0.150 e. The predicted molar refractivity (Wildman–Crippen MR) is 69.4 cm³/mol. The Morgan fingerprint density at radius 3 is 2.67 bits per heavy atom. The van der Waals surface area contributed by atoms with Crippen molar-refractivity contribution in [2.45, 2.75) is 39.8 Å². The molecule has 0 unspecified atom stereocenters. The monoisotopic (exact) mass is 248 g/mol. The van der Waals surface area contributed by atoms with Gasteiger partial charge in [0.05, 0.1) is 6.54 Å². The van der Waals surface area contributed by atoms with E-state index in [2.05, 4.69) is 29.2 Å². The van der Waals surface area contributed by atoms with Crippen molar-refractivity contribution in [2.24, 2.45) is 0 Å². The second-order valence-corrected chi connectivity index (χ2v) is 4.21. The molecule has 5 nitrogen and oxygen atoms in total. The normalized spacial score (nSPS) is 11.1. The molecule has 98 valence electrons. The third-order valence-electron chi connectivity index (χ3n) is 2.80. The van der Waals surface area contributed by atoms with Gasteiger partial charge in [-0.3, -0.25) is 0 Å². The zero-order chi connectivity index (χ0) is 13.0. The van der Waals surface area contributed by atoms with Crippen molar-refractivity contribution in [1.82, 2.24) is 20.1 Å². The minimum atomic E-state index is 0.653. The summed E-state index contributed by atoms with van der Waals surface area (Å²) in [4.78, 5) is 4.48. The highest BCUT2D eigenvalue weighted by Gasteiger charge is 2.09. The maximum Gasteiger partial charge on any atom is 0.150 e. The summed E-state index contributed by atoms with van der Waals surface area (Å²) in [5.74, 6) is 3.77. The molecule has 0 aliphatic carbocycles. The quantitative estimate of drug-likeness (QED) is 0.846. The van der Waals surface area contributed by atoms with E-state index in [0.29, 0.717) is 6.54 Å². The zero-order valence-corrected chi connectivity index (χ0v) is 11.2. The average molecular weight is 248 g/mol. The Morgan fingerprint density at radius 1 is 1.22 bits per heavy atom. The topological polar surface area (TPSA) is 55.9 Å². The Bertz CT molecular complexity index is 501. The molecule has 0 fully saturated rings. The van der Waals surface area contributed by atoms with Gasteiger partial charge in [-0.05, 0) is 19.2 Å². The Labute approximate surface area is 107 Å². The molecule has 2 heterocycles. The molecule has 0 radical (unpaired) electrons. The van der Waals surface area contributed by atoms with Gasteiger partial charge >= 0.3 is 0 Å². The summed E-state index contributed by atoms with van der Waals surface area (Å²) in [5.41, 5.74) is 0. The summed E-state index contributed by atoms with van der Waals surface area (Å²) >= 11 is 0. The maximum atomic E-state index is 5.72. The first-order valence-electron chi connectivity index (χ1n) is 6.41. The lowest BCUT2D eigenvalue weighted by molar-refractivity contribution is 0.432. The zero-order valence-electron chi connectivity index (χ0n) is 11.2. The van der Waals surface area contributed by atoms with Gasteiger partial charge in [0.15, 0.2) is 5.82 Å². The fourth-order valence-electron chi connectivity index (χ4n) is 1.89. The highest BCUT2D eigenvalue weighted by atomic mass is 16.3. The minimum Gasteiger partial charge on any atom is -0.463 e. The number of aromatic nitrogens is 3. The molecular formula is C13H20N4O. The second-order valence-electron chi connectivity index (χ2n) is 4.21. The number of rotatable bonds is 6. The van der Waals surface area contributed by atoms with Crippen LogP contribution in [0.15, 0.2) is 16.5 Å². The lowest BCUT2D eigenvalue weighted by Crippen LogP contribution is -2.06. The summed E-state index contributed by atoms with van der Waals surface area (Å²) in [6.07, 6.45) is 1.75. The summed E-state index contributed by atoms with van der Waals surface area (Å²) in [5, 5.41) is 7.55. The third-order valence-corrected chi connectivity index (χ3v) is 2.80. The molecule has 0 aliphatic heterocycles. The summed E-state index contributed by atoms with van der Waals surface area (Å²) in [7, 11) is 1.91. The van der Waals surface area contributed by atoms with Crippen molar-refractivity contribution in [3.63, 3.8) is 0 Å². The lowest BCUT2D eigenvalue weighted by Gasteiger charge is -2.01. The molecule has 0 aromatic carbocycles. The molecule has 0 atom stereocenters. The van der Waals surface area contributed by atoms with Crippen LogP contribution in [0, 0.1) is 0 Å². The highest BCUT2D eigenvalue weighted by Crippen LogP contribution is 2.11. The van der Waals surface area contributed by atoms with Crippen LogP contribution in [0.1, 0.15) is 37.0 Å². The number of hydrogen-bond donors (Lipinski definition) is 1. The molecule has 2 aromatic rings. The van der Waals surface area contributed by atoms with Gasteiger partial charge in [-0.1, -0.05) is 13.8 Å². The molecule has 0 spiro atoms. The molecule has 2 rings (SSSR count). The van der Waals surface area contributed by atoms with Crippen LogP contribution in [-0.2, 0) is 25.9 Å². The summed E-state index contributed by atoms with van der Waals surface area (Å²) in [6.45, 7) is 5.56. The molecule has 0 amide bonds. The van der Waals surface area contributed by atoms with Crippen molar-refractivity contribution in [3.8, 4) is 0 Å². The minimum absolute atomic E-state index is 0.653. The molecule has 18 heavy (non-hydrogen) atoms. The fraction of sp³-hybridized carbons (Fsp3) is 0.538. The Hall–Kier alpha value is -1.62. The Balaban J connectivity index is 2.14. The van der Waals surface area contributed by atoms with Crippen LogP contribution < -0.4 is 5.32 Å². The Morgan fingerprint density at radius 2 is 2.00 bits per heavy atom. The van der Waals surface area contributed by atoms with Gasteiger partial charge in [0.1, 0.15) is 23.9 Å². The van der Waals surface area contributed by atoms with E-state index >= 15 is 0 Å². The van der Waals surface area contributed by atoms with E-state index in [-0.39, 0.29) is 0 Å².